The molecule has 6 atom stereocenters. The fourth-order valence-electron chi connectivity index (χ4n) is 5.78. The van der Waals surface area contributed by atoms with Crippen molar-refractivity contribution in [3.63, 3.8) is 0 Å². The Morgan fingerprint density at radius 1 is 0.935 bits per heavy atom. The van der Waals surface area contributed by atoms with Crippen LogP contribution >= 0.6 is 23.2 Å². The van der Waals surface area contributed by atoms with Gasteiger partial charge in [-0.1, -0.05) is 41.4 Å². The number of benzene rings is 2. The summed E-state index contributed by atoms with van der Waals surface area (Å²) in [5.74, 6) is 0.234. The number of rotatable bonds is 3. The molecule has 3 amide bonds. The maximum absolute atomic E-state index is 13.3. The molecule has 1 N–H and O–H groups in total. The molecule has 2 aromatic carbocycles. The molecule has 31 heavy (non-hydrogen) atoms. The van der Waals surface area contributed by atoms with Crippen molar-refractivity contribution < 1.29 is 14.4 Å². The Morgan fingerprint density at radius 2 is 1.61 bits per heavy atom. The molecule has 3 fully saturated rings. The van der Waals surface area contributed by atoms with Crippen LogP contribution < -0.4 is 10.2 Å². The molecular weight excluding hydrogens is 435 g/mol. The fraction of sp³-hybridized carbons (Fsp3) is 0.292. The summed E-state index contributed by atoms with van der Waals surface area (Å²) >= 11 is 12.1. The van der Waals surface area contributed by atoms with Gasteiger partial charge in [0.15, 0.2) is 0 Å². The molecule has 2 saturated carbocycles. The highest BCUT2D eigenvalue weighted by molar-refractivity contribution is 6.36. The summed E-state index contributed by atoms with van der Waals surface area (Å²) < 4.78 is 0. The lowest BCUT2D eigenvalue weighted by atomic mass is 9.63. The second-order valence-corrected chi connectivity index (χ2v) is 9.64. The molecule has 7 heteroatoms. The summed E-state index contributed by atoms with van der Waals surface area (Å²) in [4.78, 5) is 40.7. The lowest BCUT2D eigenvalue weighted by Gasteiger charge is -2.37. The SMILES string of the molecule is O=C(Nc1ccc(Cl)cc1Cl)c1cccc(N2C(=O)[C@@H]3[C@@H]4C=C[C@H]([C@H]5C[C@H]45)[C@@H]3C2=O)c1. The molecule has 1 saturated heterocycles. The number of allylic oxidation sites excluding steroid dienone is 2. The molecule has 5 nitrogen and oxygen atoms in total. The van der Waals surface area contributed by atoms with Crippen molar-refractivity contribution in [2.24, 2.45) is 35.5 Å². The lowest BCUT2D eigenvalue weighted by Crippen LogP contribution is -2.40. The molecule has 0 unspecified atom stereocenters. The van der Waals surface area contributed by atoms with Crippen LogP contribution in [-0.4, -0.2) is 17.7 Å². The minimum absolute atomic E-state index is 0.141. The van der Waals surface area contributed by atoms with Gasteiger partial charge in [0, 0.05) is 10.6 Å². The quantitative estimate of drug-likeness (QED) is 0.536. The van der Waals surface area contributed by atoms with E-state index in [0.29, 0.717) is 38.8 Å². The summed E-state index contributed by atoms with van der Waals surface area (Å²) in [5, 5.41) is 3.55. The Bertz CT molecular complexity index is 1160. The average molecular weight is 453 g/mol. The number of imide groups is 1. The first-order valence-electron chi connectivity index (χ1n) is 10.4. The topological polar surface area (TPSA) is 66.5 Å². The summed E-state index contributed by atoms with van der Waals surface area (Å²) in [6.45, 7) is 0. The molecule has 0 aromatic heterocycles. The van der Waals surface area contributed by atoms with Crippen LogP contribution in [0.1, 0.15) is 16.8 Å². The Kier molecular flexibility index (Phi) is 4.11. The van der Waals surface area contributed by atoms with E-state index in [2.05, 4.69) is 17.5 Å². The van der Waals surface area contributed by atoms with Crippen LogP contribution in [0.15, 0.2) is 54.6 Å². The van der Waals surface area contributed by atoms with Crippen LogP contribution in [0, 0.1) is 35.5 Å². The molecule has 1 aliphatic heterocycles. The zero-order valence-corrected chi connectivity index (χ0v) is 17.8. The van der Waals surface area contributed by atoms with Crippen LogP contribution in [0.4, 0.5) is 11.4 Å². The van der Waals surface area contributed by atoms with E-state index in [1.165, 1.54) is 4.90 Å². The minimum Gasteiger partial charge on any atom is -0.321 e. The molecule has 0 radical (unpaired) electrons. The van der Waals surface area contributed by atoms with Crippen molar-refractivity contribution >= 4 is 52.3 Å². The second-order valence-electron chi connectivity index (χ2n) is 8.80. The van der Waals surface area contributed by atoms with Gasteiger partial charge in [0.1, 0.15) is 0 Å². The van der Waals surface area contributed by atoms with Gasteiger partial charge in [0.2, 0.25) is 11.8 Å². The first kappa shape index (κ1) is 19.1. The number of halogens is 2. The summed E-state index contributed by atoms with van der Waals surface area (Å²) in [6.07, 6.45) is 5.42. The number of carbonyl (C=O) groups excluding carboxylic acids is 3. The summed E-state index contributed by atoms with van der Waals surface area (Å²) in [5.41, 5.74) is 1.21. The zero-order chi connectivity index (χ0) is 21.4. The standard InChI is InChI=1S/C24H18Cl2N2O3/c25-12-4-7-19(18(26)9-12)27-22(29)11-2-1-3-13(8-11)28-23(30)20-14-5-6-15(17-10-16(14)17)21(20)24(28)31/h1-9,14-17,20-21H,10H2,(H,27,29)/t14-,15-,16-,17-,20-,21+/m1/s1. The lowest BCUT2D eigenvalue weighted by molar-refractivity contribution is -0.124. The summed E-state index contributed by atoms with van der Waals surface area (Å²) in [7, 11) is 0. The van der Waals surface area contributed by atoms with Gasteiger partial charge in [-0.15, -0.1) is 0 Å². The zero-order valence-electron chi connectivity index (χ0n) is 16.3. The predicted molar refractivity (Wildman–Crippen MR) is 118 cm³/mol. The minimum atomic E-state index is -0.384. The third kappa shape index (κ3) is 2.80. The number of hydrogen-bond acceptors (Lipinski definition) is 3. The van der Waals surface area contributed by atoms with Crippen LogP contribution in [0.25, 0.3) is 0 Å². The smallest absolute Gasteiger partial charge is 0.255 e. The van der Waals surface area contributed by atoms with Gasteiger partial charge in [-0.25, -0.2) is 4.90 Å². The molecule has 5 aliphatic rings. The van der Waals surface area contributed by atoms with E-state index in [0.717, 1.165) is 6.42 Å². The first-order valence-corrected chi connectivity index (χ1v) is 11.1. The molecule has 0 spiro atoms. The van der Waals surface area contributed by atoms with E-state index in [1.54, 1.807) is 42.5 Å². The van der Waals surface area contributed by atoms with Crippen LogP contribution in [0.5, 0.6) is 0 Å². The number of hydrogen-bond donors (Lipinski definition) is 1. The molecule has 4 aliphatic carbocycles. The van der Waals surface area contributed by atoms with E-state index in [4.69, 9.17) is 23.2 Å². The van der Waals surface area contributed by atoms with Crippen molar-refractivity contribution in [2.75, 3.05) is 10.2 Å². The number of nitrogens with one attached hydrogen (secondary N) is 1. The van der Waals surface area contributed by atoms with E-state index < -0.39 is 0 Å². The van der Waals surface area contributed by atoms with Crippen LogP contribution in [0.3, 0.4) is 0 Å². The van der Waals surface area contributed by atoms with Gasteiger partial charge >= 0.3 is 0 Å². The van der Waals surface area contributed by atoms with Gasteiger partial charge in [0.25, 0.3) is 5.91 Å². The molecule has 2 aromatic rings. The first-order chi connectivity index (χ1) is 14.9. The Morgan fingerprint density at radius 3 is 2.26 bits per heavy atom. The van der Waals surface area contributed by atoms with Crippen molar-refractivity contribution in [1.29, 1.82) is 0 Å². The van der Waals surface area contributed by atoms with E-state index in [-0.39, 0.29) is 41.4 Å². The number of amides is 3. The summed E-state index contributed by atoms with van der Waals surface area (Å²) in [6, 6.07) is 11.4. The van der Waals surface area contributed by atoms with Crippen LogP contribution in [0.2, 0.25) is 10.0 Å². The Hall–Kier alpha value is -2.63. The molecular formula is C24H18Cl2N2O3. The molecule has 7 rings (SSSR count). The Balaban J connectivity index is 1.28. The van der Waals surface area contributed by atoms with E-state index in [1.807, 2.05) is 0 Å². The second kappa shape index (κ2) is 6.68. The van der Waals surface area contributed by atoms with E-state index >= 15 is 0 Å². The highest BCUT2D eigenvalue weighted by Crippen LogP contribution is 2.65. The maximum Gasteiger partial charge on any atom is 0.255 e. The van der Waals surface area contributed by atoms with Crippen molar-refractivity contribution in [3.8, 4) is 0 Å². The normalized spacial score (nSPS) is 32.1. The Labute approximate surface area is 189 Å². The average Bonchev–Trinajstić information content (AvgIpc) is 3.53. The van der Waals surface area contributed by atoms with Gasteiger partial charge in [0.05, 0.1) is 28.2 Å². The third-order valence-corrected chi connectivity index (χ3v) is 7.76. The van der Waals surface area contributed by atoms with E-state index in [9.17, 15) is 14.4 Å². The maximum atomic E-state index is 13.3. The van der Waals surface area contributed by atoms with Crippen molar-refractivity contribution in [2.45, 2.75) is 6.42 Å². The van der Waals surface area contributed by atoms with Gasteiger partial charge in [-0.2, -0.15) is 0 Å². The number of carbonyl (C=O) groups is 3. The number of nitrogens with zero attached hydrogens (tertiary/aromatic N) is 1. The highest BCUT2D eigenvalue weighted by Gasteiger charge is 2.67. The largest absolute Gasteiger partial charge is 0.321 e. The van der Waals surface area contributed by atoms with Gasteiger partial charge < -0.3 is 5.32 Å². The fourth-order valence-corrected chi connectivity index (χ4v) is 6.24. The highest BCUT2D eigenvalue weighted by atomic mass is 35.5. The molecule has 156 valence electrons. The van der Waals surface area contributed by atoms with Crippen molar-refractivity contribution in [3.05, 3.63) is 70.2 Å². The third-order valence-electron chi connectivity index (χ3n) is 7.21. The van der Waals surface area contributed by atoms with Gasteiger partial charge in [-0.05, 0) is 66.5 Å². The number of anilines is 2. The molecule has 1 heterocycles. The monoisotopic (exact) mass is 452 g/mol. The van der Waals surface area contributed by atoms with Crippen molar-refractivity contribution in [1.82, 2.24) is 0 Å². The van der Waals surface area contributed by atoms with Crippen LogP contribution in [-0.2, 0) is 9.59 Å². The molecule has 2 bridgehead atoms. The predicted octanol–water partition coefficient (Wildman–Crippen LogP) is 4.80. The van der Waals surface area contributed by atoms with Gasteiger partial charge in [-0.3, -0.25) is 14.4 Å².